The lowest BCUT2D eigenvalue weighted by Crippen LogP contribution is -2.38. The van der Waals surface area contributed by atoms with Gasteiger partial charge in [-0.3, -0.25) is 0 Å². The Morgan fingerprint density at radius 1 is 1.11 bits per heavy atom. The molecule has 4 rings (SSSR count). The number of anilines is 1. The van der Waals surface area contributed by atoms with Crippen LogP contribution in [0.3, 0.4) is 0 Å². The largest absolute Gasteiger partial charge is 0.465 e. The summed E-state index contributed by atoms with van der Waals surface area (Å²) >= 11 is 1.69. The summed E-state index contributed by atoms with van der Waals surface area (Å²) in [6.45, 7) is 8.22. The van der Waals surface area contributed by atoms with E-state index in [0.717, 1.165) is 47.6 Å². The molecule has 202 valence electrons. The highest BCUT2D eigenvalue weighted by Gasteiger charge is 2.25. The van der Waals surface area contributed by atoms with Gasteiger partial charge in [0.1, 0.15) is 11.4 Å². The summed E-state index contributed by atoms with van der Waals surface area (Å²) in [7, 11) is 3.42. The van der Waals surface area contributed by atoms with Gasteiger partial charge in [0.25, 0.3) is 0 Å². The van der Waals surface area contributed by atoms with Crippen LogP contribution < -0.4 is 10.6 Å². The number of hydrogen-bond acceptors (Lipinski definition) is 8. The molecule has 9 heteroatoms. The van der Waals surface area contributed by atoms with Gasteiger partial charge in [-0.2, -0.15) is 11.3 Å². The third kappa shape index (κ3) is 7.11. The maximum atomic E-state index is 12.1. The highest BCUT2D eigenvalue weighted by Crippen LogP contribution is 2.41. The summed E-state index contributed by atoms with van der Waals surface area (Å²) < 4.78 is 10.2. The van der Waals surface area contributed by atoms with Gasteiger partial charge in [-0.1, -0.05) is 6.07 Å². The molecule has 1 aromatic carbocycles. The molecule has 0 spiro atoms. The van der Waals surface area contributed by atoms with Gasteiger partial charge in [-0.15, -0.1) is 0 Å². The fourth-order valence-corrected chi connectivity index (χ4v) is 5.16. The van der Waals surface area contributed by atoms with Gasteiger partial charge in [0.15, 0.2) is 0 Å². The molecule has 1 aliphatic rings. The number of nitrogens with one attached hydrogen (secondary N) is 2. The molecule has 2 N–H and O–H groups in total. The number of fused-ring (bicyclic) bond motifs is 3. The fraction of sp³-hybridized carbons (Fsp3) is 0.414. The zero-order valence-electron chi connectivity index (χ0n) is 22.7. The van der Waals surface area contributed by atoms with E-state index in [1.807, 2.05) is 46.0 Å². The molecule has 0 aliphatic heterocycles. The molecule has 2 aromatic heterocycles. The lowest BCUT2D eigenvalue weighted by Gasteiger charge is -2.21. The summed E-state index contributed by atoms with van der Waals surface area (Å²) in [4.78, 5) is 31.1. The van der Waals surface area contributed by atoms with E-state index < -0.39 is 11.7 Å². The van der Waals surface area contributed by atoms with E-state index >= 15 is 0 Å². The normalized spacial score (nSPS) is 12.2. The Bertz CT molecular complexity index is 1280. The van der Waals surface area contributed by atoms with Crippen molar-refractivity contribution >= 4 is 29.2 Å². The van der Waals surface area contributed by atoms with Crippen molar-refractivity contribution < 1.29 is 19.1 Å². The topological polar surface area (TPSA) is 92.8 Å². The van der Waals surface area contributed by atoms with Gasteiger partial charge in [0.2, 0.25) is 0 Å². The number of methoxy groups -OCH3 is 1. The number of hydrogen-bond donors (Lipinski definition) is 2. The van der Waals surface area contributed by atoms with Crippen molar-refractivity contribution in [2.24, 2.45) is 0 Å². The number of ether oxygens (including phenoxy) is 2. The number of esters is 1. The molecule has 0 saturated heterocycles. The maximum Gasteiger partial charge on any atom is 0.407 e. The van der Waals surface area contributed by atoms with Crippen LogP contribution in [-0.4, -0.2) is 67.9 Å². The van der Waals surface area contributed by atoms with E-state index in [4.69, 9.17) is 14.5 Å². The van der Waals surface area contributed by atoms with Gasteiger partial charge in [-0.05, 0) is 91.5 Å². The van der Waals surface area contributed by atoms with E-state index in [2.05, 4.69) is 38.4 Å². The summed E-state index contributed by atoms with van der Waals surface area (Å²) in [6, 6.07) is 10.0. The minimum absolute atomic E-state index is 0.331. The quantitative estimate of drug-likeness (QED) is 0.277. The molecule has 3 aromatic rings. The van der Waals surface area contributed by atoms with Crippen LogP contribution in [-0.2, 0) is 22.3 Å². The molecular weight excluding hydrogens is 500 g/mol. The van der Waals surface area contributed by atoms with Crippen LogP contribution in [0.25, 0.3) is 11.1 Å². The predicted octanol–water partition coefficient (Wildman–Crippen LogP) is 4.96. The maximum absolute atomic E-state index is 12.1. The first-order valence-electron chi connectivity index (χ1n) is 12.8. The molecule has 38 heavy (non-hydrogen) atoms. The fourth-order valence-electron chi connectivity index (χ4n) is 4.49. The monoisotopic (exact) mass is 536 g/mol. The average molecular weight is 537 g/mol. The number of alkyl carbamates (subject to hydrolysis) is 1. The van der Waals surface area contributed by atoms with Gasteiger partial charge in [0, 0.05) is 43.9 Å². The highest BCUT2D eigenvalue weighted by molar-refractivity contribution is 7.07. The average Bonchev–Trinajstić information content (AvgIpc) is 3.49. The van der Waals surface area contributed by atoms with Crippen LogP contribution in [0.15, 0.2) is 41.1 Å². The van der Waals surface area contributed by atoms with Gasteiger partial charge >= 0.3 is 12.1 Å². The zero-order valence-corrected chi connectivity index (χ0v) is 23.5. The molecule has 1 amide bonds. The van der Waals surface area contributed by atoms with Crippen molar-refractivity contribution in [2.45, 2.75) is 39.2 Å². The Hall–Kier alpha value is -3.43. The van der Waals surface area contributed by atoms with E-state index in [0.29, 0.717) is 25.2 Å². The number of aromatic nitrogens is 1. The van der Waals surface area contributed by atoms with Crippen molar-refractivity contribution in [1.29, 1.82) is 0 Å². The number of amides is 1. The molecule has 0 saturated carbocycles. The van der Waals surface area contributed by atoms with Crippen molar-refractivity contribution in [1.82, 2.24) is 15.2 Å². The number of rotatable bonds is 10. The SMILES string of the molecule is COC(=O)c1ccc2c(c1)Cc1cc(Cc3ccsc3)nc(NCCN(C)CCNC(=O)OC(C)(C)C)c1-2. The van der Waals surface area contributed by atoms with E-state index in [1.165, 1.54) is 18.2 Å². The summed E-state index contributed by atoms with van der Waals surface area (Å²) in [5, 5.41) is 10.6. The third-order valence-electron chi connectivity index (χ3n) is 6.24. The van der Waals surface area contributed by atoms with Crippen LogP contribution in [0.2, 0.25) is 0 Å². The molecule has 0 fully saturated rings. The number of carbonyl (C=O) groups excluding carboxylic acids is 2. The molecule has 2 heterocycles. The van der Waals surface area contributed by atoms with Crippen molar-refractivity contribution in [3.8, 4) is 11.1 Å². The number of benzene rings is 1. The van der Waals surface area contributed by atoms with E-state index in [1.54, 1.807) is 11.3 Å². The first kappa shape index (κ1) is 27.6. The van der Waals surface area contributed by atoms with Crippen LogP contribution in [0.1, 0.15) is 53.5 Å². The number of nitrogens with zero attached hydrogens (tertiary/aromatic N) is 2. The smallest absolute Gasteiger partial charge is 0.407 e. The van der Waals surface area contributed by atoms with Gasteiger partial charge in [0.05, 0.1) is 12.7 Å². The van der Waals surface area contributed by atoms with Crippen LogP contribution in [0.4, 0.5) is 10.6 Å². The Morgan fingerprint density at radius 2 is 1.89 bits per heavy atom. The second-order valence-electron chi connectivity index (χ2n) is 10.5. The van der Waals surface area contributed by atoms with Crippen LogP contribution in [0.5, 0.6) is 0 Å². The zero-order chi connectivity index (χ0) is 27.3. The van der Waals surface area contributed by atoms with Crippen LogP contribution in [0, 0.1) is 0 Å². The van der Waals surface area contributed by atoms with E-state index in [9.17, 15) is 9.59 Å². The standard InChI is InChI=1S/C29H36N4O4S/c1-29(2,3)37-28(35)31-10-12-33(4)11-9-30-26-25-22(17-23(32-26)14-19-8-13-38-18-19)16-21-15-20(27(34)36-5)6-7-24(21)25/h6-8,13,15,17-18H,9-12,14,16H2,1-5H3,(H,30,32)(H,31,35). The molecule has 0 unspecified atom stereocenters. The second kappa shape index (κ2) is 12.0. The van der Waals surface area contributed by atoms with Gasteiger partial charge < -0.3 is 25.0 Å². The third-order valence-corrected chi connectivity index (χ3v) is 6.98. The molecular formula is C29H36N4O4S. The summed E-state index contributed by atoms with van der Waals surface area (Å²) in [5.74, 6) is 0.528. The van der Waals surface area contributed by atoms with Gasteiger partial charge in [-0.25, -0.2) is 14.6 Å². The van der Waals surface area contributed by atoms with Crippen molar-refractivity contribution in [2.75, 3.05) is 45.7 Å². The van der Waals surface area contributed by atoms with E-state index in [-0.39, 0.29) is 5.97 Å². The number of thiophene rings is 1. The minimum Gasteiger partial charge on any atom is -0.465 e. The summed E-state index contributed by atoms with van der Waals surface area (Å²) in [5.41, 5.74) is 6.81. The number of pyridine rings is 1. The van der Waals surface area contributed by atoms with Crippen molar-refractivity contribution in [3.05, 3.63) is 69.0 Å². The number of carbonyl (C=O) groups is 2. The number of likely N-dealkylation sites (N-methyl/N-ethyl adjacent to an activating group) is 1. The Labute approximate surface area is 228 Å². The van der Waals surface area contributed by atoms with Crippen LogP contribution >= 0.6 is 11.3 Å². The molecule has 0 bridgehead atoms. The molecule has 8 nitrogen and oxygen atoms in total. The first-order valence-corrected chi connectivity index (χ1v) is 13.7. The Morgan fingerprint density at radius 3 is 2.61 bits per heavy atom. The first-order chi connectivity index (χ1) is 18.1. The predicted molar refractivity (Wildman–Crippen MR) is 151 cm³/mol. The minimum atomic E-state index is -0.509. The Balaban J connectivity index is 1.44. The summed E-state index contributed by atoms with van der Waals surface area (Å²) in [6.07, 6.45) is 1.12. The second-order valence-corrected chi connectivity index (χ2v) is 11.3. The lowest BCUT2D eigenvalue weighted by molar-refractivity contribution is 0.0522. The molecule has 0 atom stereocenters. The highest BCUT2D eigenvalue weighted by atomic mass is 32.1. The van der Waals surface area contributed by atoms with Crippen molar-refractivity contribution in [3.63, 3.8) is 0 Å². The Kier molecular flexibility index (Phi) is 8.69. The molecule has 1 aliphatic carbocycles. The molecule has 0 radical (unpaired) electrons. The lowest BCUT2D eigenvalue weighted by atomic mass is 10.0.